The number of hydrogen-bond acceptors (Lipinski definition) is 2. The van der Waals surface area contributed by atoms with E-state index in [1.54, 1.807) is 7.11 Å². The number of carboxylic acid groups (broad SMARTS) is 1. The number of benzene rings is 1. The van der Waals surface area contributed by atoms with Crippen molar-refractivity contribution in [1.29, 1.82) is 0 Å². The van der Waals surface area contributed by atoms with Gasteiger partial charge in [-0.05, 0) is 50.2 Å². The van der Waals surface area contributed by atoms with Gasteiger partial charge in [-0.2, -0.15) is 0 Å². The fraction of sp³-hybridized carbons (Fsp3) is 0.562. The van der Waals surface area contributed by atoms with Crippen LogP contribution in [-0.4, -0.2) is 18.2 Å². The molecule has 0 bridgehead atoms. The molecule has 0 aliphatic carbocycles. The Labute approximate surface area is 115 Å². The van der Waals surface area contributed by atoms with Gasteiger partial charge in [0.25, 0.3) is 0 Å². The molecule has 0 spiro atoms. The average Bonchev–Trinajstić information content (AvgIpc) is 2.27. The number of aliphatic carboxylic acids is 1. The molecule has 1 rings (SSSR count). The molecule has 0 aromatic heterocycles. The van der Waals surface area contributed by atoms with Gasteiger partial charge < -0.3 is 9.84 Å². The smallest absolute Gasteiger partial charge is 0.303 e. The van der Waals surface area contributed by atoms with Crippen molar-refractivity contribution < 1.29 is 14.6 Å². The average molecular weight is 264 g/mol. The normalized spacial score (nSPS) is 12.2. The number of methoxy groups -OCH3 is 1. The molecule has 0 saturated carbocycles. The molecule has 0 amide bonds. The summed E-state index contributed by atoms with van der Waals surface area (Å²) in [5.74, 6) is 0.488. The highest BCUT2D eigenvalue weighted by molar-refractivity contribution is 5.66. The van der Waals surface area contributed by atoms with E-state index in [1.807, 2.05) is 6.92 Å². The fourth-order valence-electron chi connectivity index (χ4n) is 2.56. The molecule has 1 N–H and O–H groups in total. The first-order chi connectivity index (χ1) is 8.93. The van der Waals surface area contributed by atoms with Crippen LogP contribution in [0.1, 0.15) is 42.9 Å². The zero-order valence-electron chi connectivity index (χ0n) is 12.3. The molecule has 19 heavy (non-hydrogen) atoms. The van der Waals surface area contributed by atoms with Gasteiger partial charge in [-0.1, -0.05) is 24.6 Å². The molecule has 0 heterocycles. The standard InChI is InChI=1S/C16H24O3/c1-11(10-15(17)18)6-5-7-14-9-12(2)8-13(3)16(14)19-4/h8-9,11H,5-7,10H2,1-4H3,(H,17,18). The second-order valence-corrected chi connectivity index (χ2v) is 5.37. The molecule has 3 heteroatoms. The third-order valence-electron chi connectivity index (χ3n) is 3.37. The summed E-state index contributed by atoms with van der Waals surface area (Å²) in [7, 11) is 1.70. The van der Waals surface area contributed by atoms with Crippen LogP contribution < -0.4 is 4.74 Å². The molecule has 106 valence electrons. The van der Waals surface area contributed by atoms with Crippen molar-refractivity contribution in [3.05, 3.63) is 28.8 Å². The minimum Gasteiger partial charge on any atom is -0.496 e. The highest BCUT2D eigenvalue weighted by Crippen LogP contribution is 2.27. The first-order valence-corrected chi connectivity index (χ1v) is 6.80. The van der Waals surface area contributed by atoms with E-state index in [4.69, 9.17) is 9.84 Å². The Balaban J connectivity index is 2.60. The number of rotatable bonds is 7. The Kier molecular flexibility index (Phi) is 5.87. The van der Waals surface area contributed by atoms with Crippen LogP contribution in [0, 0.1) is 19.8 Å². The highest BCUT2D eigenvalue weighted by Gasteiger charge is 2.10. The van der Waals surface area contributed by atoms with Gasteiger partial charge in [0.2, 0.25) is 0 Å². The van der Waals surface area contributed by atoms with E-state index in [0.29, 0.717) is 0 Å². The largest absolute Gasteiger partial charge is 0.496 e. The Hall–Kier alpha value is -1.51. The lowest BCUT2D eigenvalue weighted by molar-refractivity contribution is -0.138. The van der Waals surface area contributed by atoms with Crippen molar-refractivity contribution in [2.75, 3.05) is 7.11 Å². The number of carbonyl (C=O) groups is 1. The Morgan fingerprint density at radius 2 is 2.05 bits per heavy atom. The van der Waals surface area contributed by atoms with Crippen LogP contribution >= 0.6 is 0 Å². The third kappa shape index (κ3) is 4.93. The summed E-state index contributed by atoms with van der Waals surface area (Å²) in [4.78, 5) is 10.6. The summed E-state index contributed by atoms with van der Waals surface area (Å²) in [5.41, 5.74) is 3.63. The lowest BCUT2D eigenvalue weighted by Crippen LogP contribution is -2.05. The molecule has 0 aliphatic heterocycles. The molecule has 3 nitrogen and oxygen atoms in total. The quantitative estimate of drug-likeness (QED) is 0.816. The van der Waals surface area contributed by atoms with Gasteiger partial charge in [0.1, 0.15) is 5.75 Å². The van der Waals surface area contributed by atoms with Crippen molar-refractivity contribution >= 4 is 5.97 Å². The molecule has 0 saturated heterocycles. The minimum atomic E-state index is -0.712. The molecular formula is C16H24O3. The summed E-state index contributed by atoms with van der Waals surface area (Å²) < 4.78 is 5.46. The second-order valence-electron chi connectivity index (χ2n) is 5.37. The number of carboxylic acids is 1. The monoisotopic (exact) mass is 264 g/mol. The Bertz CT molecular complexity index is 438. The van der Waals surface area contributed by atoms with Crippen LogP contribution in [0.5, 0.6) is 5.75 Å². The van der Waals surface area contributed by atoms with Crippen molar-refractivity contribution in [1.82, 2.24) is 0 Å². The summed E-state index contributed by atoms with van der Waals surface area (Å²) in [6.07, 6.45) is 3.12. The van der Waals surface area contributed by atoms with E-state index in [2.05, 4.69) is 26.0 Å². The molecule has 0 aliphatic rings. The molecule has 1 aromatic carbocycles. The summed E-state index contributed by atoms with van der Waals surface area (Å²) in [5, 5.41) is 8.74. The van der Waals surface area contributed by atoms with Gasteiger partial charge in [0.05, 0.1) is 7.11 Å². The minimum absolute atomic E-state index is 0.231. The lowest BCUT2D eigenvalue weighted by Gasteiger charge is -2.14. The zero-order chi connectivity index (χ0) is 14.4. The van der Waals surface area contributed by atoms with Gasteiger partial charge >= 0.3 is 5.97 Å². The first-order valence-electron chi connectivity index (χ1n) is 6.80. The van der Waals surface area contributed by atoms with Gasteiger partial charge in [-0.3, -0.25) is 4.79 Å². The van der Waals surface area contributed by atoms with Crippen molar-refractivity contribution in [3.63, 3.8) is 0 Å². The van der Waals surface area contributed by atoms with E-state index in [-0.39, 0.29) is 12.3 Å². The van der Waals surface area contributed by atoms with Crippen LogP contribution in [0.2, 0.25) is 0 Å². The Morgan fingerprint density at radius 3 is 2.63 bits per heavy atom. The molecule has 0 radical (unpaired) electrons. The van der Waals surface area contributed by atoms with Gasteiger partial charge in [-0.25, -0.2) is 0 Å². The van der Waals surface area contributed by atoms with Crippen LogP contribution in [0.3, 0.4) is 0 Å². The lowest BCUT2D eigenvalue weighted by atomic mass is 9.96. The topological polar surface area (TPSA) is 46.5 Å². The number of aryl methyl sites for hydroxylation is 3. The van der Waals surface area contributed by atoms with Gasteiger partial charge in [0.15, 0.2) is 0 Å². The van der Waals surface area contributed by atoms with E-state index in [1.165, 1.54) is 11.1 Å². The van der Waals surface area contributed by atoms with Crippen molar-refractivity contribution in [2.24, 2.45) is 5.92 Å². The van der Waals surface area contributed by atoms with Crippen LogP contribution in [0.4, 0.5) is 0 Å². The summed E-state index contributed by atoms with van der Waals surface area (Å²) in [6, 6.07) is 4.28. The number of ether oxygens (including phenoxy) is 1. The highest BCUT2D eigenvalue weighted by atomic mass is 16.5. The summed E-state index contributed by atoms with van der Waals surface area (Å²) >= 11 is 0. The number of hydrogen-bond donors (Lipinski definition) is 1. The van der Waals surface area contributed by atoms with E-state index in [9.17, 15) is 4.79 Å². The molecule has 1 atom stereocenters. The SMILES string of the molecule is COc1c(C)cc(C)cc1CCCC(C)CC(=O)O. The first kappa shape index (κ1) is 15.5. The van der Waals surface area contributed by atoms with Gasteiger partial charge in [0, 0.05) is 6.42 Å². The third-order valence-corrected chi connectivity index (χ3v) is 3.37. The Morgan fingerprint density at radius 1 is 1.37 bits per heavy atom. The second kappa shape index (κ2) is 7.17. The van der Waals surface area contributed by atoms with Gasteiger partial charge in [-0.15, -0.1) is 0 Å². The van der Waals surface area contributed by atoms with E-state index >= 15 is 0 Å². The summed E-state index contributed by atoms with van der Waals surface area (Å²) in [6.45, 7) is 6.14. The van der Waals surface area contributed by atoms with Crippen LogP contribution in [0.15, 0.2) is 12.1 Å². The van der Waals surface area contributed by atoms with E-state index in [0.717, 1.165) is 30.6 Å². The van der Waals surface area contributed by atoms with Crippen molar-refractivity contribution in [3.8, 4) is 5.75 Å². The van der Waals surface area contributed by atoms with Crippen molar-refractivity contribution in [2.45, 2.75) is 46.5 Å². The molecular weight excluding hydrogens is 240 g/mol. The van der Waals surface area contributed by atoms with Crippen LogP contribution in [0.25, 0.3) is 0 Å². The maximum atomic E-state index is 10.6. The predicted octanol–water partition coefficient (Wildman–Crippen LogP) is 3.75. The molecule has 1 unspecified atom stereocenters. The maximum absolute atomic E-state index is 10.6. The molecule has 0 fully saturated rings. The van der Waals surface area contributed by atoms with Crippen LogP contribution in [-0.2, 0) is 11.2 Å². The zero-order valence-corrected chi connectivity index (χ0v) is 12.3. The predicted molar refractivity (Wildman–Crippen MR) is 76.8 cm³/mol. The van der Waals surface area contributed by atoms with E-state index < -0.39 is 5.97 Å². The molecule has 1 aromatic rings. The maximum Gasteiger partial charge on any atom is 0.303 e. The fourth-order valence-corrected chi connectivity index (χ4v) is 2.56.